The van der Waals surface area contributed by atoms with Gasteiger partial charge < -0.3 is 15.5 Å². The predicted octanol–water partition coefficient (Wildman–Crippen LogP) is 2.96. The summed E-state index contributed by atoms with van der Waals surface area (Å²) in [5, 5.41) is 8.02. The second-order valence-corrected chi connectivity index (χ2v) is 6.25. The molecule has 5 nitrogen and oxygen atoms in total. The number of nitrogens with zero attached hydrogens (tertiary/aromatic N) is 3. The molecular formula is C15H20ClN5. The Morgan fingerprint density at radius 2 is 2.10 bits per heavy atom. The van der Waals surface area contributed by atoms with Gasteiger partial charge in [-0.05, 0) is 30.2 Å². The van der Waals surface area contributed by atoms with Crippen molar-refractivity contribution >= 4 is 23.1 Å². The highest BCUT2D eigenvalue weighted by Crippen LogP contribution is 2.34. The molecule has 0 saturated heterocycles. The maximum absolute atomic E-state index is 6.40. The monoisotopic (exact) mass is 305 g/mol. The van der Waals surface area contributed by atoms with E-state index in [4.69, 9.17) is 17.3 Å². The van der Waals surface area contributed by atoms with Crippen LogP contribution in [0.5, 0.6) is 0 Å². The van der Waals surface area contributed by atoms with Gasteiger partial charge >= 0.3 is 0 Å². The van der Waals surface area contributed by atoms with E-state index >= 15 is 0 Å². The topological polar surface area (TPSA) is 61.2 Å². The molecule has 1 atom stereocenters. The summed E-state index contributed by atoms with van der Waals surface area (Å²) in [6.07, 6.45) is 1.68. The van der Waals surface area contributed by atoms with Crippen LogP contribution in [0.15, 0.2) is 30.5 Å². The van der Waals surface area contributed by atoms with Gasteiger partial charge in [-0.2, -0.15) is 5.10 Å². The zero-order valence-electron chi connectivity index (χ0n) is 12.3. The van der Waals surface area contributed by atoms with Crippen LogP contribution in [0, 0.1) is 5.92 Å². The summed E-state index contributed by atoms with van der Waals surface area (Å²) in [5.74, 6) is 1.51. The highest BCUT2D eigenvalue weighted by atomic mass is 35.5. The number of H-pyrrole nitrogens is 1. The Hall–Kier alpha value is -1.72. The Bertz CT molecular complexity index is 607. The number of nitrogens with two attached hydrogens (primary N) is 1. The minimum Gasteiger partial charge on any atom is -0.337 e. The molecule has 3 rings (SSSR count). The summed E-state index contributed by atoms with van der Waals surface area (Å²) >= 11 is 5.97. The van der Waals surface area contributed by atoms with E-state index in [1.165, 1.54) is 0 Å². The first-order chi connectivity index (χ1) is 10.1. The molecule has 1 aromatic carbocycles. The fourth-order valence-corrected chi connectivity index (χ4v) is 2.86. The molecule has 6 heteroatoms. The first-order valence-electron chi connectivity index (χ1n) is 7.12. The molecule has 2 aromatic rings. The molecular weight excluding hydrogens is 286 g/mol. The van der Waals surface area contributed by atoms with Gasteiger partial charge in [0, 0.05) is 23.5 Å². The van der Waals surface area contributed by atoms with Gasteiger partial charge in [0.15, 0.2) is 5.82 Å². The van der Waals surface area contributed by atoms with E-state index < -0.39 is 0 Å². The number of anilines is 2. The third-order valence-electron chi connectivity index (χ3n) is 3.67. The van der Waals surface area contributed by atoms with Gasteiger partial charge in [-0.15, -0.1) is 0 Å². The van der Waals surface area contributed by atoms with Gasteiger partial charge in [0.05, 0.1) is 12.2 Å². The number of aromatic nitrogens is 2. The predicted molar refractivity (Wildman–Crippen MR) is 86.5 cm³/mol. The average Bonchev–Trinajstić information content (AvgIpc) is 2.93. The Morgan fingerprint density at radius 3 is 2.76 bits per heavy atom. The second-order valence-electron chi connectivity index (χ2n) is 5.81. The first kappa shape index (κ1) is 14.2. The molecule has 112 valence electrons. The third-order valence-corrected chi connectivity index (χ3v) is 3.92. The molecule has 0 fully saturated rings. The smallest absolute Gasteiger partial charge is 0.158 e. The molecule has 2 heterocycles. The molecule has 1 aliphatic heterocycles. The number of fused-ring (bicyclic) bond motifs is 1. The summed E-state index contributed by atoms with van der Waals surface area (Å²) in [6.45, 7) is 6.06. The van der Waals surface area contributed by atoms with E-state index in [0.717, 1.165) is 35.3 Å². The number of aromatic amines is 1. The van der Waals surface area contributed by atoms with Crippen LogP contribution in [-0.4, -0.2) is 23.4 Å². The molecule has 0 spiro atoms. The Kier molecular flexibility index (Phi) is 3.78. The number of rotatable bonds is 3. The van der Waals surface area contributed by atoms with Crippen molar-refractivity contribution in [2.45, 2.75) is 20.0 Å². The molecule has 0 amide bonds. The molecule has 1 aliphatic rings. The normalized spacial score (nSPS) is 18.2. The number of nitrogens with one attached hydrogen (secondary N) is 1. The maximum Gasteiger partial charge on any atom is 0.158 e. The Balaban J connectivity index is 1.94. The lowest BCUT2D eigenvalue weighted by Crippen LogP contribution is -2.49. The Labute approximate surface area is 129 Å². The Morgan fingerprint density at radius 1 is 1.38 bits per heavy atom. The summed E-state index contributed by atoms with van der Waals surface area (Å²) < 4.78 is 0. The number of halogens is 1. The van der Waals surface area contributed by atoms with Crippen LogP contribution >= 0.6 is 11.6 Å². The highest BCUT2D eigenvalue weighted by molar-refractivity contribution is 6.30. The molecule has 0 aliphatic carbocycles. The van der Waals surface area contributed by atoms with Crippen LogP contribution in [0.3, 0.4) is 0 Å². The van der Waals surface area contributed by atoms with Crippen molar-refractivity contribution in [1.29, 1.82) is 0 Å². The third kappa shape index (κ3) is 2.71. The molecule has 0 saturated carbocycles. The lowest BCUT2D eigenvalue weighted by molar-refractivity contribution is 0.539. The van der Waals surface area contributed by atoms with E-state index in [9.17, 15) is 0 Å². The summed E-state index contributed by atoms with van der Waals surface area (Å²) in [7, 11) is 0. The van der Waals surface area contributed by atoms with E-state index in [1.807, 2.05) is 30.5 Å². The molecule has 21 heavy (non-hydrogen) atoms. The van der Waals surface area contributed by atoms with E-state index in [-0.39, 0.29) is 6.17 Å². The molecule has 1 aromatic heterocycles. The van der Waals surface area contributed by atoms with Crippen molar-refractivity contribution in [2.75, 3.05) is 23.0 Å². The lowest BCUT2D eigenvalue weighted by atomic mass is 10.1. The maximum atomic E-state index is 6.40. The SMILES string of the molecule is CC(C)CN1CN(c2ccc(Cl)cc2)C(N)c2c[nH]nc21. The minimum absolute atomic E-state index is 0.205. The summed E-state index contributed by atoms with van der Waals surface area (Å²) in [6, 6.07) is 7.78. The molecule has 1 unspecified atom stereocenters. The van der Waals surface area contributed by atoms with Gasteiger partial charge in [0.25, 0.3) is 0 Å². The number of hydrogen-bond acceptors (Lipinski definition) is 4. The van der Waals surface area contributed by atoms with Crippen LogP contribution in [0.2, 0.25) is 5.02 Å². The van der Waals surface area contributed by atoms with Crippen molar-refractivity contribution in [3.05, 3.63) is 41.0 Å². The molecule has 0 bridgehead atoms. The van der Waals surface area contributed by atoms with Crippen molar-refractivity contribution in [1.82, 2.24) is 10.2 Å². The quantitative estimate of drug-likeness (QED) is 0.915. The second kappa shape index (κ2) is 5.58. The van der Waals surface area contributed by atoms with E-state index in [1.54, 1.807) is 0 Å². The van der Waals surface area contributed by atoms with Crippen LogP contribution in [-0.2, 0) is 0 Å². The zero-order chi connectivity index (χ0) is 15.0. The largest absolute Gasteiger partial charge is 0.337 e. The van der Waals surface area contributed by atoms with Crippen LogP contribution in [0.1, 0.15) is 25.6 Å². The van der Waals surface area contributed by atoms with E-state index in [0.29, 0.717) is 5.92 Å². The van der Waals surface area contributed by atoms with Crippen LogP contribution < -0.4 is 15.5 Å². The zero-order valence-corrected chi connectivity index (χ0v) is 13.0. The molecule has 3 N–H and O–H groups in total. The van der Waals surface area contributed by atoms with E-state index in [2.05, 4.69) is 33.8 Å². The van der Waals surface area contributed by atoms with Gasteiger partial charge in [0.2, 0.25) is 0 Å². The lowest BCUT2D eigenvalue weighted by Gasteiger charge is -2.41. The summed E-state index contributed by atoms with van der Waals surface area (Å²) in [5.41, 5.74) is 8.49. The fraction of sp³-hybridized carbons (Fsp3) is 0.400. The van der Waals surface area contributed by atoms with Crippen molar-refractivity contribution in [2.24, 2.45) is 11.7 Å². The number of benzene rings is 1. The van der Waals surface area contributed by atoms with Crippen molar-refractivity contribution < 1.29 is 0 Å². The van der Waals surface area contributed by atoms with Gasteiger partial charge in [-0.1, -0.05) is 25.4 Å². The minimum atomic E-state index is -0.205. The fourth-order valence-electron chi connectivity index (χ4n) is 2.73. The standard InChI is InChI=1S/C15H20ClN5/c1-10(2)8-20-9-21(12-5-3-11(16)4-6-12)14(17)13-7-18-19-15(13)20/h3-7,10,14H,8-9,17H2,1-2H3,(H,18,19). The summed E-state index contributed by atoms with van der Waals surface area (Å²) in [4.78, 5) is 4.42. The van der Waals surface area contributed by atoms with Gasteiger partial charge in [0.1, 0.15) is 6.17 Å². The van der Waals surface area contributed by atoms with Crippen molar-refractivity contribution in [3.63, 3.8) is 0 Å². The van der Waals surface area contributed by atoms with Gasteiger partial charge in [-0.3, -0.25) is 5.10 Å². The number of hydrogen-bond donors (Lipinski definition) is 2. The van der Waals surface area contributed by atoms with Crippen molar-refractivity contribution in [3.8, 4) is 0 Å². The van der Waals surface area contributed by atoms with Crippen LogP contribution in [0.4, 0.5) is 11.5 Å². The average molecular weight is 306 g/mol. The van der Waals surface area contributed by atoms with Crippen LogP contribution in [0.25, 0.3) is 0 Å². The van der Waals surface area contributed by atoms with Gasteiger partial charge in [-0.25, -0.2) is 0 Å². The first-order valence-corrected chi connectivity index (χ1v) is 7.50. The highest BCUT2D eigenvalue weighted by Gasteiger charge is 2.31. The molecule has 0 radical (unpaired) electrons.